The van der Waals surface area contributed by atoms with Gasteiger partial charge in [0.05, 0.1) is 5.75 Å². The van der Waals surface area contributed by atoms with Gasteiger partial charge in [-0.25, -0.2) is 4.79 Å². The Kier molecular flexibility index (Phi) is 3.96. The van der Waals surface area contributed by atoms with Gasteiger partial charge in [-0.3, -0.25) is 4.90 Å². The summed E-state index contributed by atoms with van der Waals surface area (Å²) in [4.78, 5) is 14.0. The summed E-state index contributed by atoms with van der Waals surface area (Å²) in [7, 11) is 0. The zero-order chi connectivity index (χ0) is 18.7. The smallest absolute Gasteiger partial charge is 0.431 e. The van der Waals surface area contributed by atoms with Gasteiger partial charge in [-0.2, -0.15) is 0 Å². The average molecular weight is 363 g/mol. The SMILES string of the molecule is C[C@H]1C[B-](O)(O)Oc2c1ccc(OC1CN(CC3(N)CC3)C1)c2C(=O)O. The summed E-state index contributed by atoms with van der Waals surface area (Å²) in [6.45, 7) is 0.960. The highest BCUT2D eigenvalue weighted by Crippen LogP contribution is 2.44. The van der Waals surface area contributed by atoms with Gasteiger partial charge in [0, 0.05) is 25.2 Å². The molecule has 1 aromatic carbocycles. The second kappa shape index (κ2) is 5.85. The maximum absolute atomic E-state index is 11.8. The molecule has 1 aliphatic carbocycles. The number of carboxylic acids is 1. The van der Waals surface area contributed by atoms with Gasteiger partial charge in [-0.15, -0.1) is 0 Å². The number of fused-ring (bicyclic) bond motifs is 1. The van der Waals surface area contributed by atoms with Crippen molar-refractivity contribution in [1.82, 2.24) is 4.90 Å². The van der Waals surface area contributed by atoms with E-state index in [9.17, 15) is 19.9 Å². The number of nitrogens with two attached hydrogens (primary N) is 1. The van der Waals surface area contributed by atoms with Gasteiger partial charge in [-0.1, -0.05) is 19.3 Å². The maximum atomic E-state index is 11.8. The Morgan fingerprint density at radius 2 is 2.12 bits per heavy atom. The van der Waals surface area contributed by atoms with Crippen LogP contribution in [-0.4, -0.2) is 64.1 Å². The lowest BCUT2D eigenvalue weighted by Crippen LogP contribution is -2.57. The molecule has 0 aromatic heterocycles. The third kappa shape index (κ3) is 3.27. The Hall–Kier alpha value is -1.81. The maximum Gasteiger partial charge on any atom is 0.431 e. The molecule has 0 amide bonds. The van der Waals surface area contributed by atoms with Gasteiger partial charge in [-0.05, 0) is 30.4 Å². The van der Waals surface area contributed by atoms with Crippen molar-refractivity contribution in [2.24, 2.45) is 5.73 Å². The fourth-order valence-electron chi connectivity index (χ4n) is 3.89. The fourth-order valence-corrected chi connectivity index (χ4v) is 3.89. The lowest BCUT2D eigenvalue weighted by molar-refractivity contribution is 0.0137. The number of ether oxygens (including phenoxy) is 1. The van der Waals surface area contributed by atoms with E-state index in [-0.39, 0.29) is 40.9 Å². The zero-order valence-electron chi connectivity index (χ0n) is 14.7. The molecule has 0 radical (unpaired) electrons. The molecule has 2 fully saturated rings. The van der Waals surface area contributed by atoms with Crippen molar-refractivity contribution in [3.05, 3.63) is 23.3 Å². The van der Waals surface area contributed by atoms with Crippen LogP contribution in [0, 0.1) is 0 Å². The van der Waals surface area contributed by atoms with Crippen molar-refractivity contribution >= 4 is 12.7 Å². The van der Waals surface area contributed by atoms with E-state index in [1.54, 1.807) is 19.1 Å². The van der Waals surface area contributed by atoms with Crippen LogP contribution in [0.4, 0.5) is 0 Å². The third-order valence-electron chi connectivity index (χ3n) is 5.51. The van der Waals surface area contributed by atoms with Crippen molar-refractivity contribution in [2.45, 2.75) is 43.6 Å². The molecule has 3 aliphatic rings. The van der Waals surface area contributed by atoms with Gasteiger partial charge in [0.1, 0.15) is 17.4 Å². The molecule has 142 valence electrons. The van der Waals surface area contributed by atoms with Crippen molar-refractivity contribution < 1.29 is 29.3 Å². The summed E-state index contributed by atoms with van der Waals surface area (Å²) in [6, 6.07) is 3.37. The van der Waals surface area contributed by atoms with E-state index < -0.39 is 12.7 Å². The van der Waals surface area contributed by atoms with Gasteiger partial charge >= 0.3 is 12.7 Å². The molecule has 1 saturated heterocycles. The predicted molar refractivity (Wildman–Crippen MR) is 94.5 cm³/mol. The van der Waals surface area contributed by atoms with Crippen LogP contribution in [0.15, 0.2) is 12.1 Å². The van der Waals surface area contributed by atoms with Gasteiger partial charge in [0.15, 0.2) is 0 Å². The van der Waals surface area contributed by atoms with Crippen LogP contribution in [0.3, 0.4) is 0 Å². The molecule has 0 spiro atoms. The normalized spacial score (nSPS) is 26.4. The first-order chi connectivity index (χ1) is 12.2. The number of benzene rings is 1. The number of carbonyl (C=O) groups is 1. The Morgan fingerprint density at radius 1 is 1.42 bits per heavy atom. The highest BCUT2D eigenvalue weighted by molar-refractivity contribution is 6.59. The van der Waals surface area contributed by atoms with Crippen LogP contribution in [0.2, 0.25) is 6.32 Å². The van der Waals surface area contributed by atoms with Crippen LogP contribution >= 0.6 is 0 Å². The summed E-state index contributed by atoms with van der Waals surface area (Å²) in [5, 5.41) is 29.5. The number of likely N-dealkylation sites (tertiary alicyclic amines) is 1. The van der Waals surface area contributed by atoms with Crippen molar-refractivity contribution in [3.8, 4) is 11.5 Å². The summed E-state index contributed by atoms with van der Waals surface area (Å²) in [5.74, 6) is -1.25. The number of hydrogen-bond acceptors (Lipinski definition) is 7. The number of carboxylic acid groups (broad SMARTS) is 1. The van der Waals surface area contributed by atoms with E-state index in [2.05, 4.69) is 4.90 Å². The minimum absolute atomic E-state index is 0.00572. The Bertz CT molecular complexity index is 745. The standard InChI is InChI=1S/C17H24BN2O6/c1-10-6-18(23,24)26-15-12(10)2-3-13(14(15)16(21)22)25-11-7-20(8-11)9-17(19)4-5-17/h2-3,10-11,23-24H,4-9,19H2,1H3,(H,21,22)/q-1/t10-/m0/s1. The van der Waals surface area contributed by atoms with E-state index in [1.165, 1.54) is 0 Å². The Morgan fingerprint density at radius 3 is 2.73 bits per heavy atom. The second-order valence-corrected chi connectivity index (χ2v) is 8.07. The van der Waals surface area contributed by atoms with E-state index >= 15 is 0 Å². The van der Waals surface area contributed by atoms with E-state index in [1.807, 2.05) is 0 Å². The summed E-state index contributed by atoms with van der Waals surface area (Å²) < 4.78 is 11.1. The molecule has 0 unspecified atom stereocenters. The molecule has 1 aromatic rings. The quantitative estimate of drug-likeness (QED) is 0.553. The molecular weight excluding hydrogens is 339 g/mol. The number of rotatable bonds is 5. The third-order valence-corrected chi connectivity index (χ3v) is 5.51. The second-order valence-electron chi connectivity index (χ2n) is 8.07. The van der Waals surface area contributed by atoms with Crippen molar-refractivity contribution in [2.75, 3.05) is 19.6 Å². The van der Waals surface area contributed by atoms with Crippen molar-refractivity contribution in [1.29, 1.82) is 0 Å². The summed E-state index contributed by atoms with van der Waals surface area (Å²) >= 11 is 0. The predicted octanol–water partition coefficient (Wildman–Crippen LogP) is 0.358. The molecule has 4 rings (SSSR count). The Balaban J connectivity index is 1.53. The lowest BCUT2D eigenvalue weighted by atomic mass is 9.65. The summed E-state index contributed by atoms with van der Waals surface area (Å²) in [6.07, 6.45) is 2.01. The molecule has 1 atom stereocenters. The van der Waals surface area contributed by atoms with Crippen LogP contribution in [0.1, 0.15) is 41.6 Å². The molecule has 2 heterocycles. The molecule has 9 heteroatoms. The highest BCUT2D eigenvalue weighted by atomic mass is 16.6. The highest BCUT2D eigenvalue weighted by Gasteiger charge is 2.43. The van der Waals surface area contributed by atoms with Crippen molar-refractivity contribution in [3.63, 3.8) is 0 Å². The van der Waals surface area contributed by atoms with Crippen LogP contribution < -0.4 is 15.1 Å². The largest absolute Gasteiger partial charge is 0.669 e. The molecule has 26 heavy (non-hydrogen) atoms. The van der Waals surface area contributed by atoms with Crippen LogP contribution in [0.5, 0.6) is 11.5 Å². The van der Waals surface area contributed by atoms with E-state index in [0.29, 0.717) is 18.7 Å². The van der Waals surface area contributed by atoms with Gasteiger partial charge < -0.3 is 30.3 Å². The monoisotopic (exact) mass is 363 g/mol. The topological polar surface area (TPSA) is 125 Å². The molecular formula is C17H24BN2O6-. The zero-order valence-corrected chi connectivity index (χ0v) is 14.7. The first-order valence-electron chi connectivity index (χ1n) is 9.03. The minimum atomic E-state index is -3.07. The molecule has 0 bridgehead atoms. The lowest BCUT2D eigenvalue weighted by Gasteiger charge is -2.42. The molecule has 1 saturated carbocycles. The fraction of sp³-hybridized carbons (Fsp3) is 0.588. The summed E-state index contributed by atoms with van der Waals surface area (Å²) in [5.41, 5.74) is 6.55. The number of nitrogens with zero attached hydrogens (tertiary/aromatic N) is 1. The van der Waals surface area contributed by atoms with Gasteiger partial charge in [0.2, 0.25) is 0 Å². The van der Waals surface area contributed by atoms with E-state index in [4.69, 9.17) is 15.1 Å². The minimum Gasteiger partial charge on any atom is -0.669 e. The molecule has 8 nitrogen and oxygen atoms in total. The number of hydrogen-bond donors (Lipinski definition) is 4. The first kappa shape index (κ1) is 17.6. The molecule has 5 N–H and O–H groups in total. The van der Waals surface area contributed by atoms with Crippen LogP contribution in [-0.2, 0) is 0 Å². The average Bonchev–Trinajstić information content (AvgIpc) is 3.20. The number of aromatic carboxylic acids is 1. The Labute approximate surface area is 151 Å². The van der Waals surface area contributed by atoms with E-state index in [0.717, 1.165) is 19.4 Å². The van der Waals surface area contributed by atoms with Gasteiger partial charge in [0.25, 0.3) is 0 Å². The first-order valence-corrected chi connectivity index (χ1v) is 9.03. The molecule has 2 aliphatic heterocycles. The van der Waals surface area contributed by atoms with Crippen LogP contribution in [0.25, 0.3) is 0 Å².